The van der Waals surface area contributed by atoms with Gasteiger partial charge in [0, 0.05) is 25.5 Å². The average Bonchev–Trinajstić information content (AvgIpc) is 3.46. The van der Waals surface area contributed by atoms with Crippen LogP contribution in [0.4, 0.5) is 22.7 Å². The molecule has 4 aromatic rings. The summed E-state index contributed by atoms with van der Waals surface area (Å²) in [6.07, 6.45) is 7.85. The molecule has 0 fully saturated rings. The number of aryl methyl sites for hydroxylation is 3. The van der Waals surface area contributed by atoms with E-state index in [1.807, 2.05) is 29.8 Å². The Hall–Kier alpha value is -3.57. The van der Waals surface area contributed by atoms with Gasteiger partial charge in [-0.1, -0.05) is 35.1 Å². The molecular formula is C21H22ClN9OS. The van der Waals surface area contributed by atoms with Crippen molar-refractivity contribution >= 4 is 51.6 Å². The van der Waals surface area contributed by atoms with Gasteiger partial charge in [-0.25, -0.2) is 9.97 Å². The van der Waals surface area contributed by atoms with Gasteiger partial charge in [0.15, 0.2) is 5.13 Å². The van der Waals surface area contributed by atoms with Crippen molar-refractivity contribution in [3.8, 4) is 0 Å². The van der Waals surface area contributed by atoms with Crippen LogP contribution < -0.4 is 16.0 Å². The Morgan fingerprint density at radius 3 is 2.82 bits per heavy atom. The molecule has 10 nitrogen and oxygen atoms in total. The molecule has 0 aliphatic rings. The second kappa shape index (κ2) is 10.4. The fourth-order valence-electron chi connectivity index (χ4n) is 3.00. The number of thiazole rings is 1. The molecule has 0 atom stereocenters. The summed E-state index contributed by atoms with van der Waals surface area (Å²) in [4.78, 5) is 34.4. The van der Waals surface area contributed by atoms with Gasteiger partial charge in [-0.3, -0.25) is 10.1 Å². The average molecular weight is 484 g/mol. The number of nitrogens with one attached hydrogen (secondary N) is 3. The summed E-state index contributed by atoms with van der Waals surface area (Å²) in [6, 6.07) is 5.45. The first-order chi connectivity index (χ1) is 16.0. The van der Waals surface area contributed by atoms with E-state index in [4.69, 9.17) is 11.6 Å². The van der Waals surface area contributed by atoms with Gasteiger partial charge >= 0.3 is 0 Å². The zero-order valence-corrected chi connectivity index (χ0v) is 19.6. The molecule has 0 aliphatic carbocycles. The van der Waals surface area contributed by atoms with Gasteiger partial charge in [-0.2, -0.15) is 15.0 Å². The lowest BCUT2D eigenvalue weighted by Crippen LogP contribution is -2.11. The van der Waals surface area contributed by atoms with Gasteiger partial charge < -0.3 is 15.2 Å². The molecule has 4 rings (SSSR count). The Bertz CT molecular complexity index is 1220. The molecule has 1 aromatic carbocycles. The largest absolute Gasteiger partial charge is 0.354 e. The third-order valence-electron chi connectivity index (χ3n) is 4.59. The Labute approximate surface area is 199 Å². The number of amides is 1. The topological polar surface area (TPSA) is 123 Å². The monoisotopic (exact) mass is 483 g/mol. The van der Waals surface area contributed by atoms with Crippen molar-refractivity contribution in [1.29, 1.82) is 0 Å². The number of aromatic nitrogens is 6. The summed E-state index contributed by atoms with van der Waals surface area (Å²) in [5.41, 5.74) is 1.47. The maximum Gasteiger partial charge on any atom is 0.267 e. The quantitative estimate of drug-likeness (QED) is 0.301. The first kappa shape index (κ1) is 22.6. The molecular weight excluding hydrogens is 462 g/mol. The van der Waals surface area contributed by atoms with Crippen LogP contribution in [0.15, 0.2) is 43.1 Å². The lowest BCUT2D eigenvalue weighted by molar-refractivity contribution is 0.103. The van der Waals surface area contributed by atoms with Gasteiger partial charge in [0.2, 0.25) is 11.9 Å². The van der Waals surface area contributed by atoms with Crippen LogP contribution in [0.2, 0.25) is 5.02 Å². The fourth-order valence-corrected chi connectivity index (χ4v) is 3.97. The van der Waals surface area contributed by atoms with Crippen LogP contribution in [-0.2, 0) is 6.54 Å². The van der Waals surface area contributed by atoms with Crippen LogP contribution in [0.3, 0.4) is 0 Å². The van der Waals surface area contributed by atoms with Crippen LogP contribution in [0.1, 0.15) is 27.5 Å². The zero-order chi connectivity index (χ0) is 23.2. The first-order valence-electron chi connectivity index (χ1n) is 10.2. The molecule has 0 radical (unpaired) electrons. The molecule has 0 unspecified atom stereocenters. The van der Waals surface area contributed by atoms with E-state index in [-0.39, 0.29) is 5.91 Å². The van der Waals surface area contributed by atoms with Crippen LogP contribution >= 0.6 is 22.9 Å². The lowest BCUT2D eigenvalue weighted by Gasteiger charge is -2.09. The van der Waals surface area contributed by atoms with Crippen LogP contribution in [0.25, 0.3) is 0 Å². The third kappa shape index (κ3) is 6.02. The zero-order valence-electron chi connectivity index (χ0n) is 18.0. The highest BCUT2D eigenvalue weighted by molar-refractivity contribution is 7.17. The van der Waals surface area contributed by atoms with E-state index >= 15 is 0 Å². The first-order valence-corrected chi connectivity index (χ1v) is 11.4. The Morgan fingerprint density at radius 1 is 1.18 bits per heavy atom. The summed E-state index contributed by atoms with van der Waals surface area (Å²) in [5, 5.41) is 10.1. The maximum absolute atomic E-state index is 12.6. The minimum Gasteiger partial charge on any atom is -0.354 e. The Morgan fingerprint density at radius 2 is 2.03 bits per heavy atom. The van der Waals surface area contributed by atoms with Gasteiger partial charge in [0.25, 0.3) is 5.91 Å². The summed E-state index contributed by atoms with van der Waals surface area (Å²) in [5.74, 6) is 1.10. The van der Waals surface area contributed by atoms with Gasteiger partial charge in [0.05, 0.1) is 23.2 Å². The van der Waals surface area contributed by atoms with E-state index in [0.717, 1.165) is 18.5 Å². The summed E-state index contributed by atoms with van der Waals surface area (Å²) in [6.45, 7) is 5.22. The number of benzene rings is 1. The number of anilines is 4. The SMILES string of the molecule is Cc1nc(NCCCn2ccnc2)nc(Nc2ncc(C(=O)Nc3c(C)cccc3Cl)s2)n1. The number of nitrogens with zero attached hydrogens (tertiary/aromatic N) is 6. The molecule has 3 aromatic heterocycles. The van der Waals surface area contributed by atoms with Crippen molar-refractivity contribution in [3.63, 3.8) is 0 Å². The van der Waals surface area contributed by atoms with Crippen molar-refractivity contribution < 1.29 is 4.79 Å². The number of carbonyl (C=O) groups excluding carboxylic acids is 1. The van der Waals surface area contributed by atoms with E-state index in [1.165, 1.54) is 17.5 Å². The highest BCUT2D eigenvalue weighted by Gasteiger charge is 2.15. The molecule has 0 bridgehead atoms. The van der Waals surface area contributed by atoms with E-state index in [1.54, 1.807) is 25.5 Å². The van der Waals surface area contributed by atoms with Crippen molar-refractivity contribution in [2.75, 3.05) is 22.5 Å². The van der Waals surface area contributed by atoms with Crippen molar-refractivity contribution in [2.45, 2.75) is 26.8 Å². The number of para-hydroxylation sites is 1. The Balaban J connectivity index is 1.36. The van der Waals surface area contributed by atoms with E-state index in [0.29, 0.717) is 45.0 Å². The predicted octanol–water partition coefficient (Wildman–Crippen LogP) is 4.29. The van der Waals surface area contributed by atoms with Crippen molar-refractivity contribution in [2.24, 2.45) is 0 Å². The normalized spacial score (nSPS) is 10.8. The van der Waals surface area contributed by atoms with E-state index in [9.17, 15) is 4.79 Å². The number of hydrogen-bond acceptors (Lipinski definition) is 9. The van der Waals surface area contributed by atoms with Crippen molar-refractivity contribution in [1.82, 2.24) is 29.5 Å². The number of hydrogen-bond donors (Lipinski definition) is 3. The smallest absolute Gasteiger partial charge is 0.267 e. The third-order valence-corrected chi connectivity index (χ3v) is 5.82. The number of rotatable bonds is 9. The summed E-state index contributed by atoms with van der Waals surface area (Å²) in [7, 11) is 0. The number of halogens is 1. The minimum atomic E-state index is -0.288. The molecule has 33 heavy (non-hydrogen) atoms. The molecule has 0 aliphatic heterocycles. The van der Waals surface area contributed by atoms with Gasteiger partial charge in [-0.05, 0) is 31.9 Å². The summed E-state index contributed by atoms with van der Waals surface area (Å²) >= 11 is 7.39. The van der Waals surface area contributed by atoms with Gasteiger partial charge in [-0.15, -0.1) is 0 Å². The molecule has 1 amide bonds. The predicted molar refractivity (Wildman–Crippen MR) is 129 cm³/mol. The molecule has 0 saturated heterocycles. The van der Waals surface area contributed by atoms with Crippen LogP contribution in [-0.4, -0.2) is 41.9 Å². The lowest BCUT2D eigenvalue weighted by atomic mass is 10.2. The highest BCUT2D eigenvalue weighted by Crippen LogP contribution is 2.27. The number of carbonyl (C=O) groups is 1. The molecule has 170 valence electrons. The standard InChI is InChI=1S/C21H22ClN9OS/c1-13-5-3-6-15(22)17(13)28-18(32)16-11-25-21(33-16)30-20-27-14(2)26-19(29-20)24-7-4-9-31-10-8-23-12-31/h3,5-6,8,10-12H,4,7,9H2,1-2H3,(H,28,32)(H2,24,25,26,27,29,30). The van der Waals surface area contributed by atoms with Crippen LogP contribution in [0.5, 0.6) is 0 Å². The highest BCUT2D eigenvalue weighted by atomic mass is 35.5. The van der Waals surface area contributed by atoms with Crippen LogP contribution in [0, 0.1) is 13.8 Å². The molecule has 0 spiro atoms. The van der Waals surface area contributed by atoms with E-state index < -0.39 is 0 Å². The molecule has 3 heterocycles. The van der Waals surface area contributed by atoms with E-state index in [2.05, 4.69) is 40.9 Å². The second-order valence-corrected chi connectivity index (χ2v) is 8.59. The van der Waals surface area contributed by atoms with Crippen molar-refractivity contribution in [3.05, 3.63) is 64.4 Å². The molecule has 12 heteroatoms. The molecule has 3 N–H and O–H groups in total. The summed E-state index contributed by atoms with van der Waals surface area (Å²) < 4.78 is 2.01. The molecule has 0 saturated carbocycles. The minimum absolute atomic E-state index is 0.288. The van der Waals surface area contributed by atoms with Gasteiger partial charge in [0.1, 0.15) is 10.7 Å². The Kier molecular flexibility index (Phi) is 7.10. The maximum atomic E-state index is 12.6. The fraction of sp³-hybridized carbons (Fsp3) is 0.238. The second-order valence-electron chi connectivity index (χ2n) is 7.15. The number of imidazole rings is 1.